The normalized spacial score (nSPS) is 12.5. The Bertz CT molecular complexity index is 343. The molecule has 0 saturated heterocycles. The minimum atomic E-state index is -1.42. The van der Waals surface area contributed by atoms with Crippen LogP contribution >= 0.6 is 0 Å². The van der Waals surface area contributed by atoms with Crippen molar-refractivity contribution in [3.63, 3.8) is 0 Å². The second kappa shape index (κ2) is 6.52. The third-order valence-electron chi connectivity index (χ3n) is 2.64. The van der Waals surface area contributed by atoms with Gasteiger partial charge in [0.2, 0.25) is 0 Å². The molecule has 1 N–H and O–H groups in total. The molecule has 0 heterocycles. The van der Waals surface area contributed by atoms with Crippen molar-refractivity contribution in [1.82, 2.24) is 0 Å². The predicted molar refractivity (Wildman–Crippen MR) is 63.5 cm³/mol. The van der Waals surface area contributed by atoms with Crippen LogP contribution in [0, 0.1) is 17.5 Å². The molecule has 0 aliphatic rings. The molecule has 1 aromatic carbocycles. The molecule has 0 spiro atoms. The van der Waals surface area contributed by atoms with Gasteiger partial charge in [-0.25, -0.2) is 13.2 Å². The van der Waals surface area contributed by atoms with Gasteiger partial charge in [0, 0.05) is 23.9 Å². The Kier molecular flexibility index (Phi) is 5.32. The van der Waals surface area contributed by atoms with Gasteiger partial charge in [-0.05, 0) is 13.3 Å². The number of unbranched alkanes of at least 4 members (excludes halogenated alkanes) is 2. The summed E-state index contributed by atoms with van der Waals surface area (Å²) >= 11 is 0. The lowest BCUT2D eigenvalue weighted by Gasteiger charge is -2.15. The predicted octanol–water partition coefficient (Wildman–Crippen LogP) is 4.48. The van der Waals surface area contributed by atoms with Gasteiger partial charge in [-0.3, -0.25) is 0 Å². The van der Waals surface area contributed by atoms with E-state index in [1.807, 2.05) is 6.92 Å². The number of halogens is 3. The summed E-state index contributed by atoms with van der Waals surface area (Å²) in [6, 6.07) is 2.08. The molecule has 0 bridgehead atoms. The lowest BCUT2D eigenvalue weighted by Crippen LogP contribution is -2.15. The van der Waals surface area contributed by atoms with E-state index in [0.717, 1.165) is 37.8 Å². The van der Waals surface area contributed by atoms with Crippen molar-refractivity contribution in [3.05, 3.63) is 29.6 Å². The van der Waals surface area contributed by atoms with Crippen molar-refractivity contribution in [1.29, 1.82) is 0 Å². The Hall–Kier alpha value is -1.19. The van der Waals surface area contributed by atoms with Crippen LogP contribution in [0.3, 0.4) is 0 Å². The third kappa shape index (κ3) is 4.29. The van der Waals surface area contributed by atoms with Crippen LogP contribution in [0.15, 0.2) is 12.1 Å². The average Bonchev–Trinajstić information content (AvgIpc) is 2.26. The van der Waals surface area contributed by atoms with Gasteiger partial charge in [0.1, 0.15) is 0 Å². The second-order valence-corrected chi connectivity index (χ2v) is 4.30. The summed E-state index contributed by atoms with van der Waals surface area (Å²) in [4.78, 5) is 0. The molecule has 1 rings (SSSR count). The Labute approximate surface area is 100 Å². The van der Waals surface area contributed by atoms with Gasteiger partial charge < -0.3 is 5.32 Å². The first-order chi connectivity index (χ1) is 8.04. The minimum absolute atomic E-state index is 0.116. The van der Waals surface area contributed by atoms with Crippen LogP contribution in [-0.4, -0.2) is 6.04 Å². The molecule has 1 unspecified atom stereocenters. The summed E-state index contributed by atoms with van der Waals surface area (Å²) < 4.78 is 38.6. The first-order valence-electron chi connectivity index (χ1n) is 5.95. The molecule has 96 valence electrons. The molecule has 0 aliphatic carbocycles. The van der Waals surface area contributed by atoms with Gasteiger partial charge in [-0.15, -0.1) is 0 Å². The van der Waals surface area contributed by atoms with Gasteiger partial charge in [-0.1, -0.05) is 26.2 Å². The maximum Gasteiger partial charge on any atom is 0.194 e. The Balaban J connectivity index is 2.56. The zero-order valence-corrected chi connectivity index (χ0v) is 10.2. The largest absolute Gasteiger partial charge is 0.382 e. The zero-order chi connectivity index (χ0) is 12.8. The SMILES string of the molecule is CCCCCC(C)Nc1cc(F)c(F)c(F)c1. The fraction of sp³-hybridized carbons (Fsp3) is 0.538. The summed E-state index contributed by atoms with van der Waals surface area (Å²) in [5, 5.41) is 2.96. The van der Waals surface area contributed by atoms with Crippen LogP contribution in [0.5, 0.6) is 0 Å². The molecule has 4 heteroatoms. The van der Waals surface area contributed by atoms with Crippen LogP contribution in [0.1, 0.15) is 39.5 Å². The van der Waals surface area contributed by atoms with E-state index in [9.17, 15) is 13.2 Å². The third-order valence-corrected chi connectivity index (χ3v) is 2.64. The van der Waals surface area contributed by atoms with Gasteiger partial charge in [0.15, 0.2) is 17.5 Å². The summed E-state index contributed by atoms with van der Waals surface area (Å²) in [6.45, 7) is 4.05. The van der Waals surface area contributed by atoms with Crippen molar-refractivity contribution in [2.24, 2.45) is 0 Å². The van der Waals surface area contributed by atoms with E-state index < -0.39 is 17.5 Å². The van der Waals surface area contributed by atoms with E-state index in [1.54, 1.807) is 0 Å². The molecular formula is C13H18F3N. The Morgan fingerprint density at radius 2 is 1.71 bits per heavy atom. The molecule has 1 aromatic rings. The van der Waals surface area contributed by atoms with Crippen molar-refractivity contribution in [2.75, 3.05) is 5.32 Å². The smallest absolute Gasteiger partial charge is 0.194 e. The van der Waals surface area contributed by atoms with Crippen LogP contribution < -0.4 is 5.32 Å². The first kappa shape index (κ1) is 13.9. The van der Waals surface area contributed by atoms with E-state index in [4.69, 9.17) is 0 Å². The Morgan fingerprint density at radius 1 is 1.12 bits per heavy atom. The number of hydrogen-bond acceptors (Lipinski definition) is 1. The van der Waals surface area contributed by atoms with Crippen LogP contribution in [-0.2, 0) is 0 Å². The minimum Gasteiger partial charge on any atom is -0.382 e. The van der Waals surface area contributed by atoms with Gasteiger partial charge in [0.25, 0.3) is 0 Å². The van der Waals surface area contributed by atoms with Gasteiger partial charge in [0.05, 0.1) is 0 Å². The van der Waals surface area contributed by atoms with Crippen molar-refractivity contribution < 1.29 is 13.2 Å². The van der Waals surface area contributed by atoms with E-state index >= 15 is 0 Å². The molecule has 1 atom stereocenters. The molecule has 0 aromatic heterocycles. The van der Waals surface area contributed by atoms with Gasteiger partial charge in [-0.2, -0.15) is 0 Å². The highest BCUT2D eigenvalue weighted by atomic mass is 19.2. The number of benzene rings is 1. The molecule has 1 nitrogen and oxygen atoms in total. The summed E-state index contributed by atoms with van der Waals surface area (Å²) in [7, 11) is 0. The molecule has 17 heavy (non-hydrogen) atoms. The van der Waals surface area contributed by atoms with Gasteiger partial charge >= 0.3 is 0 Å². The molecule has 0 radical (unpaired) electrons. The molecule has 0 fully saturated rings. The average molecular weight is 245 g/mol. The van der Waals surface area contributed by atoms with E-state index in [0.29, 0.717) is 0 Å². The van der Waals surface area contributed by atoms with Crippen LogP contribution in [0.4, 0.5) is 18.9 Å². The van der Waals surface area contributed by atoms with Crippen molar-refractivity contribution in [3.8, 4) is 0 Å². The summed E-state index contributed by atoms with van der Waals surface area (Å²) in [5.74, 6) is -3.74. The van der Waals surface area contributed by atoms with Crippen LogP contribution in [0.2, 0.25) is 0 Å². The standard InChI is InChI=1S/C13H18F3N/c1-3-4-5-6-9(2)17-10-7-11(14)13(16)12(15)8-10/h7-9,17H,3-6H2,1-2H3. The highest BCUT2D eigenvalue weighted by Crippen LogP contribution is 2.19. The molecule has 0 amide bonds. The molecule has 0 saturated carbocycles. The van der Waals surface area contributed by atoms with Crippen LogP contribution in [0.25, 0.3) is 0 Å². The fourth-order valence-corrected chi connectivity index (χ4v) is 1.70. The maximum atomic E-state index is 12.9. The van der Waals surface area contributed by atoms with Crippen molar-refractivity contribution in [2.45, 2.75) is 45.6 Å². The lowest BCUT2D eigenvalue weighted by molar-refractivity contribution is 0.447. The summed E-state index contributed by atoms with van der Waals surface area (Å²) in [6.07, 6.45) is 4.26. The fourth-order valence-electron chi connectivity index (χ4n) is 1.70. The highest BCUT2D eigenvalue weighted by molar-refractivity contribution is 5.44. The zero-order valence-electron chi connectivity index (χ0n) is 10.2. The molecular weight excluding hydrogens is 227 g/mol. The van der Waals surface area contributed by atoms with E-state index in [1.165, 1.54) is 0 Å². The maximum absolute atomic E-state index is 12.9. The quantitative estimate of drug-likeness (QED) is 0.575. The van der Waals surface area contributed by atoms with Crippen molar-refractivity contribution >= 4 is 5.69 Å². The first-order valence-corrected chi connectivity index (χ1v) is 5.95. The topological polar surface area (TPSA) is 12.0 Å². The van der Waals surface area contributed by atoms with E-state index in [2.05, 4.69) is 12.2 Å². The Morgan fingerprint density at radius 3 is 2.24 bits per heavy atom. The molecule has 0 aliphatic heterocycles. The van der Waals surface area contributed by atoms with E-state index in [-0.39, 0.29) is 11.7 Å². The summed E-state index contributed by atoms with van der Waals surface area (Å²) in [5.41, 5.74) is 0.283. The highest BCUT2D eigenvalue weighted by Gasteiger charge is 2.11. The lowest BCUT2D eigenvalue weighted by atomic mass is 10.1. The number of nitrogens with one attached hydrogen (secondary N) is 1. The number of rotatable bonds is 6. The second-order valence-electron chi connectivity index (χ2n) is 4.30. The monoisotopic (exact) mass is 245 g/mol. The number of hydrogen-bond donors (Lipinski definition) is 1. The number of anilines is 1.